The maximum atomic E-state index is 12.2. The zero-order valence-corrected chi connectivity index (χ0v) is 10.6. The van der Waals surface area contributed by atoms with Crippen molar-refractivity contribution < 1.29 is 19.5 Å². The molecule has 0 aromatic rings. The standard InChI is InChI=1S/C11H18N3O4/c1-11(12(2)3-4-14(11)18)9(16)7-13-6-8(15)5-10(13)17/h8,15H,3-7H2,1-2H3/q+1. The number of carbonyl (C=O) groups is 2. The monoisotopic (exact) mass is 256 g/mol. The van der Waals surface area contributed by atoms with Gasteiger partial charge < -0.3 is 10.0 Å². The van der Waals surface area contributed by atoms with Crippen molar-refractivity contribution in [3.8, 4) is 0 Å². The van der Waals surface area contributed by atoms with E-state index in [2.05, 4.69) is 0 Å². The Kier molecular flexibility index (Phi) is 3.20. The van der Waals surface area contributed by atoms with Gasteiger partial charge in [0.1, 0.15) is 0 Å². The molecule has 2 heterocycles. The summed E-state index contributed by atoms with van der Waals surface area (Å²) in [5.41, 5.74) is -1.20. The van der Waals surface area contributed by atoms with Crippen LogP contribution in [-0.4, -0.2) is 76.4 Å². The number of β-amino-alcohol motifs (C(OH)–C–C–N with tert-alkyl or cyclic N) is 1. The molecule has 0 saturated carbocycles. The van der Waals surface area contributed by atoms with Crippen molar-refractivity contribution >= 4 is 11.7 Å². The average molecular weight is 256 g/mol. The van der Waals surface area contributed by atoms with Crippen LogP contribution in [0.1, 0.15) is 13.3 Å². The van der Waals surface area contributed by atoms with Crippen molar-refractivity contribution in [2.45, 2.75) is 25.1 Å². The number of hydrogen-bond acceptors (Lipinski definition) is 5. The minimum atomic E-state index is -1.20. The number of likely N-dealkylation sites (tertiary alicyclic amines) is 1. The van der Waals surface area contributed by atoms with Gasteiger partial charge in [-0.25, -0.2) is 4.90 Å². The molecule has 2 aliphatic heterocycles. The highest BCUT2D eigenvalue weighted by Gasteiger charge is 2.56. The number of ketones is 1. The van der Waals surface area contributed by atoms with Crippen molar-refractivity contribution in [1.29, 1.82) is 0 Å². The molecular formula is C11H18N3O4+. The molecule has 1 amide bonds. The zero-order chi connectivity index (χ0) is 13.5. The van der Waals surface area contributed by atoms with Crippen LogP contribution >= 0.6 is 0 Å². The molecule has 2 atom stereocenters. The van der Waals surface area contributed by atoms with Crippen LogP contribution in [0.5, 0.6) is 0 Å². The summed E-state index contributed by atoms with van der Waals surface area (Å²) in [5, 5.41) is 9.36. The van der Waals surface area contributed by atoms with Crippen molar-refractivity contribution in [2.75, 3.05) is 33.2 Å². The third-order valence-corrected chi connectivity index (χ3v) is 3.92. The van der Waals surface area contributed by atoms with Gasteiger partial charge in [0, 0.05) is 23.1 Å². The van der Waals surface area contributed by atoms with Gasteiger partial charge in [0.25, 0.3) is 0 Å². The Hall–Kier alpha value is -1.34. The number of nitroso groups, excluding NO2 is 1. The molecule has 18 heavy (non-hydrogen) atoms. The number of aliphatic hydroxyl groups is 1. The number of aliphatic hydroxyl groups excluding tert-OH is 1. The van der Waals surface area contributed by atoms with Gasteiger partial charge in [-0.05, 0) is 7.05 Å². The molecule has 7 nitrogen and oxygen atoms in total. The third kappa shape index (κ3) is 1.93. The van der Waals surface area contributed by atoms with Crippen LogP contribution in [0.3, 0.4) is 0 Å². The molecule has 2 aliphatic rings. The fourth-order valence-electron chi connectivity index (χ4n) is 2.45. The molecule has 0 aromatic carbocycles. The van der Waals surface area contributed by atoms with Gasteiger partial charge in [0.05, 0.1) is 25.6 Å². The Morgan fingerprint density at radius 2 is 2.28 bits per heavy atom. The van der Waals surface area contributed by atoms with Crippen molar-refractivity contribution in [2.24, 2.45) is 0 Å². The molecule has 0 spiro atoms. The predicted molar refractivity (Wildman–Crippen MR) is 61.7 cm³/mol. The maximum Gasteiger partial charge on any atom is 0.324 e. The number of Topliss-reactive ketones (excluding diaryl/α,β-unsaturated/α-hetero) is 1. The molecule has 0 radical (unpaired) electrons. The topological polar surface area (TPSA) is 80.9 Å². The minimum absolute atomic E-state index is 0.0565. The molecule has 1 N–H and O–H groups in total. The van der Waals surface area contributed by atoms with E-state index in [4.69, 9.17) is 0 Å². The highest BCUT2D eigenvalue weighted by Crippen LogP contribution is 2.23. The second kappa shape index (κ2) is 4.40. The highest BCUT2D eigenvalue weighted by molar-refractivity contribution is 5.92. The second-order valence-corrected chi connectivity index (χ2v) is 5.10. The van der Waals surface area contributed by atoms with Crippen LogP contribution < -0.4 is 0 Å². The van der Waals surface area contributed by atoms with E-state index in [1.165, 1.54) is 4.90 Å². The van der Waals surface area contributed by atoms with Crippen LogP contribution in [-0.2, 0) is 9.59 Å². The molecule has 2 fully saturated rings. The first-order valence-corrected chi connectivity index (χ1v) is 6.01. The number of rotatable bonds is 3. The Labute approximate surface area is 105 Å². The summed E-state index contributed by atoms with van der Waals surface area (Å²) in [7, 11) is 1.72. The first-order valence-electron chi connectivity index (χ1n) is 6.01. The lowest BCUT2D eigenvalue weighted by atomic mass is 10.1. The number of amides is 1. The van der Waals surface area contributed by atoms with E-state index in [1.807, 2.05) is 0 Å². The van der Waals surface area contributed by atoms with Crippen LogP contribution in [0.4, 0.5) is 0 Å². The van der Waals surface area contributed by atoms with E-state index in [0.29, 0.717) is 6.54 Å². The molecule has 2 saturated heterocycles. The van der Waals surface area contributed by atoms with Gasteiger partial charge >= 0.3 is 5.66 Å². The minimum Gasteiger partial charge on any atom is -0.391 e. The Balaban J connectivity index is 2.08. The number of carbonyl (C=O) groups excluding carboxylic acids is 2. The Morgan fingerprint density at radius 3 is 2.72 bits per heavy atom. The number of likely N-dealkylation sites (N-methyl/N-ethyl adjacent to an activating group) is 1. The smallest absolute Gasteiger partial charge is 0.324 e. The number of nitrogens with zero attached hydrogens (tertiary/aromatic N) is 3. The van der Waals surface area contributed by atoms with E-state index in [-0.39, 0.29) is 37.7 Å². The fraction of sp³-hybridized carbons (Fsp3) is 0.818. The van der Waals surface area contributed by atoms with Crippen molar-refractivity contribution in [3.05, 3.63) is 4.91 Å². The van der Waals surface area contributed by atoms with Crippen LogP contribution in [0.2, 0.25) is 0 Å². The van der Waals surface area contributed by atoms with Gasteiger partial charge in [-0.15, -0.1) is 0 Å². The maximum absolute atomic E-state index is 12.2. The Bertz CT molecular complexity index is 411. The lowest BCUT2D eigenvalue weighted by Gasteiger charge is -2.24. The van der Waals surface area contributed by atoms with E-state index in [0.717, 1.165) is 4.76 Å². The first-order chi connectivity index (χ1) is 8.35. The normalized spacial score (nSPS) is 33.5. The molecule has 0 bridgehead atoms. The van der Waals surface area contributed by atoms with Gasteiger partial charge in [-0.3, -0.25) is 9.59 Å². The van der Waals surface area contributed by atoms with Crippen LogP contribution in [0.25, 0.3) is 0 Å². The molecule has 2 rings (SSSR count). The summed E-state index contributed by atoms with van der Waals surface area (Å²) < 4.78 is 0.756. The quantitative estimate of drug-likeness (QED) is 0.627. The second-order valence-electron chi connectivity index (χ2n) is 5.10. The fourth-order valence-corrected chi connectivity index (χ4v) is 2.45. The molecule has 7 heteroatoms. The molecule has 0 aliphatic carbocycles. The van der Waals surface area contributed by atoms with E-state index in [9.17, 15) is 19.6 Å². The van der Waals surface area contributed by atoms with E-state index < -0.39 is 11.8 Å². The zero-order valence-electron chi connectivity index (χ0n) is 10.6. The molecule has 2 unspecified atom stereocenters. The largest absolute Gasteiger partial charge is 0.391 e. The summed E-state index contributed by atoms with van der Waals surface area (Å²) in [6.07, 6.45) is -0.649. The van der Waals surface area contributed by atoms with Gasteiger partial charge in [0.15, 0.2) is 0 Å². The highest BCUT2D eigenvalue weighted by atomic mass is 16.3. The summed E-state index contributed by atoms with van der Waals surface area (Å²) in [6, 6.07) is 0. The lowest BCUT2D eigenvalue weighted by molar-refractivity contribution is -0.599. The van der Waals surface area contributed by atoms with Crippen molar-refractivity contribution in [3.63, 3.8) is 0 Å². The van der Waals surface area contributed by atoms with E-state index >= 15 is 0 Å². The predicted octanol–water partition coefficient (Wildman–Crippen LogP) is -1.41. The molecule has 0 aromatic heterocycles. The third-order valence-electron chi connectivity index (χ3n) is 3.92. The average Bonchev–Trinajstić information content (AvgIpc) is 2.74. The van der Waals surface area contributed by atoms with Gasteiger partial charge in [0.2, 0.25) is 18.2 Å². The summed E-state index contributed by atoms with van der Waals surface area (Å²) in [6.45, 7) is 2.45. The summed E-state index contributed by atoms with van der Waals surface area (Å²) in [4.78, 5) is 38.5. The SMILES string of the molecule is CN1CC[N+](=O)C1(C)C(=O)CN1CC(O)CC1=O. The van der Waals surface area contributed by atoms with Gasteiger partial charge in [-0.1, -0.05) is 0 Å². The Morgan fingerprint density at radius 1 is 1.61 bits per heavy atom. The number of hydrogen-bond donors (Lipinski definition) is 1. The summed E-state index contributed by atoms with van der Waals surface area (Å²) in [5.74, 6) is -0.544. The first kappa shape index (κ1) is 13.1. The van der Waals surface area contributed by atoms with Crippen LogP contribution in [0.15, 0.2) is 0 Å². The molecular weight excluding hydrogens is 238 g/mol. The van der Waals surface area contributed by atoms with E-state index in [1.54, 1.807) is 18.9 Å². The molecule has 100 valence electrons. The lowest BCUT2D eigenvalue weighted by Crippen LogP contribution is -2.55. The summed E-state index contributed by atoms with van der Waals surface area (Å²) >= 11 is 0. The van der Waals surface area contributed by atoms with Crippen molar-refractivity contribution in [1.82, 2.24) is 9.80 Å². The van der Waals surface area contributed by atoms with Gasteiger partial charge in [-0.2, -0.15) is 0 Å². The van der Waals surface area contributed by atoms with Crippen LogP contribution in [0, 0.1) is 4.91 Å².